The standard InChI is InChI=1S/C13H25NO3S/c1-10(2)12(15)8-17-7-6-14(5)13(16)9-18-11(3)4/h10-11H,6-9H2,1-5H3. The van der Waals surface area contributed by atoms with Crippen LogP contribution in [0.25, 0.3) is 0 Å². The minimum Gasteiger partial charge on any atom is -0.372 e. The van der Waals surface area contributed by atoms with Crippen LogP contribution in [0.3, 0.4) is 0 Å². The van der Waals surface area contributed by atoms with Gasteiger partial charge in [-0.2, -0.15) is 0 Å². The molecular formula is C13H25NO3S. The van der Waals surface area contributed by atoms with Gasteiger partial charge in [-0.3, -0.25) is 9.59 Å². The summed E-state index contributed by atoms with van der Waals surface area (Å²) in [6.45, 7) is 8.92. The molecule has 4 nitrogen and oxygen atoms in total. The number of amides is 1. The van der Waals surface area contributed by atoms with Crippen LogP contribution in [0.4, 0.5) is 0 Å². The van der Waals surface area contributed by atoms with Gasteiger partial charge >= 0.3 is 0 Å². The average molecular weight is 275 g/mol. The predicted octanol–water partition coefficient (Wildman–Crippen LogP) is 1.83. The van der Waals surface area contributed by atoms with Crippen LogP contribution in [0.5, 0.6) is 0 Å². The van der Waals surface area contributed by atoms with Crippen molar-refractivity contribution in [1.29, 1.82) is 0 Å². The molecule has 1 amide bonds. The lowest BCUT2D eigenvalue weighted by Crippen LogP contribution is -2.32. The first-order valence-corrected chi connectivity index (χ1v) is 7.35. The molecule has 0 aliphatic rings. The molecule has 0 N–H and O–H groups in total. The van der Waals surface area contributed by atoms with Crippen LogP contribution >= 0.6 is 11.8 Å². The van der Waals surface area contributed by atoms with Gasteiger partial charge in [-0.25, -0.2) is 0 Å². The Balaban J connectivity index is 3.67. The second kappa shape index (κ2) is 9.39. The smallest absolute Gasteiger partial charge is 0.232 e. The summed E-state index contributed by atoms with van der Waals surface area (Å²) in [4.78, 5) is 24.6. The van der Waals surface area contributed by atoms with Gasteiger partial charge in [-0.1, -0.05) is 27.7 Å². The van der Waals surface area contributed by atoms with Crippen LogP contribution in [-0.4, -0.2) is 54.4 Å². The summed E-state index contributed by atoms with van der Waals surface area (Å²) in [5.74, 6) is 0.706. The Kier molecular flexibility index (Phi) is 9.10. The quantitative estimate of drug-likeness (QED) is 0.602. The maximum atomic E-state index is 11.7. The summed E-state index contributed by atoms with van der Waals surface area (Å²) in [6.07, 6.45) is 0. The molecule has 0 aliphatic heterocycles. The van der Waals surface area contributed by atoms with E-state index < -0.39 is 0 Å². The van der Waals surface area contributed by atoms with E-state index in [1.807, 2.05) is 13.8 Å². The van der Waals surface area contributed by atoms with E-state index >= 15 is 0 Å². The monoisotopic (exact) mass is 275 g/mol. The third kappa shape index (κ3) is 8.53. The molecule has 0 fully saturated rings. The summed E-state index contributed by atoms with van der Waals surface area (Å²) in [7, 11) is 1.76. The van der Waals surface area contributed by atoms with E-state index in [-0.39, 0.29) is 24.2 Å². The summed E-state index contributed by atoms with van der Waals surface area (Å²) in [6, 6.07) is 0. The van der Waals surface area contributed by atoms with Crippen LogP contribution in [0.1, 0.15) is 27.7 Å². The van der Waals surface area contributed by atoms with Gasteiger partial charge in [0.25, 0.3) is 0 Å². The molecule has 0 saturated carbocycles. The van der Waals surface area contributed by atoms with Gasteiger partial charge in [-0.05, 0) is 5.25 Å². The fourth-order valence-corrected chi connectivity index (χ4v) is 1.71. The minimum absolute atomic E-state index is 0.00630. The number of thioether (sulfide) groups is 1. The number of hydrogen-bond acceptors (Lipinski definition) is 4. The first kappa shape index (κ1) is 17.4. The van der Waals surface area contributed by atoms with E-state index in [1.54, 1.807) is 23.7 Å². The molecular weight excluding hydrogens is 250 g/mol. The Morgan fingerprint density at radius 3 is 2.33 bits per heavy atom. The molecule has 0 aromatic rings. The first-order chi connectivity index (χ1) is 8.34. The van der Waals surface area contributed by atoms with Crippen LogP contribution < -0.4 is 0 Å². The third-order valence-electron chi connectivity index (χ3n) is 2.43. The molecule has 0 unspecified atom stereocenters. The van der Waals surface area contributed by atoms with Gasteiger partial charge in [0.05, 0.1) is 12.4 Å². The molecule has 0 spiro atoms. The highest BCUT2D eigenvalue weighted by Crippen LogP contribution is 2.09. The molecule has 0 saturated heterocycles. The van der Waals surface area contributed by atoms with Crippen LogP contribution in [0.15, 0.2) is 0 Å². The number of carbonyl (C=O) groups excluding carboxylic acids is 2. The topological polar surface area (TPSA) is 46.6 Å². The van der Waals surface area contributed by atoms with E-state index in [1.165, 1.54) is 0 Å². The molecule has 0 rings (SSSR count). The predicted molar refractivity (Wildman–Crippen MR) is 75.9 cm³/mol. The lowest BCUT2D eigenvalue weighted by atomic mass is 10.1. The van der Waals surface area contributed by atoms with Gasteiger partial charge in [0, 0.05) is 19.5 Å². The molecule has 18 heavy (non-hydrogen) atoms. The number of Topliss-reactive ketones (excluding diaryl/α,β-unsaturated/α-hetero) is 1. The molecule has 0 bridgehead atoms. The Morgan fingerprint density at radius 2 is 1.83 bits per heavy atom. The minimum atomic E-state index is 0.00630. The van der Waals surface area contributed by atoms with E-state index in [0.29, 0.717) is 24.2 Å². The molecule has 0 aromatic carbocycles. The van der Waals surface area contributed by atoms with Crippen molar-refractivity contribution in [3.05, 3.63) is 0 Å². The number of ether oxygens (including phenoxy) is 1. The fraction of sp³-hybridized carbons (Fsp3) is 0.846. The Labute approximate surface area is 114 Å². The van der Waals surface area contributed by atoms with Crippen molar-refractivity contribution in [2.75, 3.05) is 32.6 Å². The molecule has 0 radical (unpaired) electrons. The van der Waals surface area contributed by atoms with Gasteiger partial charge < -0.3 is 9.64 Å². The van der Waals surface area contributed by atoms with Crippen LogP contribution in [-0.2, 0) is 14.3 Å². The largest absolute Gasteiger partial charge is 0.372 e. The second-order valence-corrected chi connectivity index (χ2v) is 6.41. The lowest BCUT2D eigenvalue weighted by molar-refractivity contribution is -0.128. The van der Waals surface area contributed by atoms with E-state index in [9.17, 15) is 9.59 Å². The molecule has 106 valence electrons. The highest BCUT2D eigenvalue weighted by Gasteiger charge is 2.10. The van der Waals surface area contributed by atoms with E-state index in [0.717, 1.165) is 0 Å². The van der Waals surface area contributed by atoms with Crippen molar-refractivity contribution in [1.82, 2.24) is 4.90 Å². The maximum Gasteiger partial charge on any atom is 0.232 e. The highest BCUT2D eigenvalue weighted by atomic mass is 32.2. The van der Waals surface area contributed by atoms with E-state index in [2.05, 4.69) is 13.8 Å². The number of carbonyl (C=O) groups is 2. The van der Waals surface area contributed by atoms with Crippen molar-refractivity contribution in [3.8, 4) is 0 Å². The van der Waals surface area contributed by atoms with Gasteiger partial charge in [-0.15, -0.1) is 11.8 Å². The summed E-state index contributed by atoms with van der Waals surface area (Å²) in [5, 5.41) is 0.460. The first-order valence-electron chi connectivity index (χ1n) is 6.30. The van der Waals surface area contributed by atoms with E-state index in [4.69, 9.17) is 4.74 Å². The van der Waals surface area contributed by atoms with Crippen molar-refractivity contribution < 1.29 is 14.3 Å². The normalized spacial score (nSPS) is 11.1. The van der Waals surface area contributed by atoms with Gasteiger partial charge in [0.15, 0.2) is 5.78 Å². The van der Waals surface area contributed by atoms with Crippen molar-refractivity contribution in [3.63, 3.8) is 0 Å². The fourth-order valence-electron chi connectivity index (χ4n) is 1.01. The van der Waals surface area contributed by atoms with Gasteiger partial charge in [0.2, 0.25) is 5.91 Å². The summed E-state index contributed by atoms with van der Waals surface area (Å²) in [5.41, 5.74) is 0. The molecule has 0 aliphatic carbocycles. The zero-order chi connectivity index (χ0) is 14.1. The molecule has 0 aromatic heterocycles. The van der Waals surface area contributed by atoms with Crippen molar-refractivity contribution in [2.24, 2.45) is 5.92 Å². The number of nitrogens with zero attached hydrogens (tertiary/aromatic N) is 1. The number of ketones is 1. The van der Waals surface area contributed by atoms with Crippen LogP contribution in [0.2, 0.25) is 0 Å². The Hall–Kier alpha value is -0.550. The highest BCUT2D eigenvalue weighted by molar-refractivity contribution is 8.00. The third-order valence-corrected chi connectivity index (χ3v) is 3.51. The van der Waals surface area contributed by atoms with Gasteiger partial charge in [0.1, 0.15) is 6.61 Å². The zero-order valence-corrected chi connectivity index (χ0v) is 12.9. The number of hydrogen-bond donors (Lipinski definition) is 0. The lowest BCUT2D eigenvalue weighted by Gasteiger charge is -2.17. The summed E-state index contributed by atoms with van der Waals surface area (Å²) >= 11 is 1.63. The second-order valence-electron chi connectivity index (χ2n) is 4.85. The Bertz CT molecular complexity index is 267. The number of rotatable bonds is 9. The summed E-state index contributed by atoms with van der Waals surface area (Å²) < 4.78 is 5.25. The zero-order valence-electron chi connectivity index (χ0n) is 12.1. The van der Waals surface area contributed by atoms with Crippen molar-refractivity contribution >= 4 is 23.5 Å². The average Bonchev–Trinajstić information content (AvgIpc) is 2.30. The van der Waals surface area contributed by atoms with Crippen molar-refractivity contribution in [2.45, 2.75) is 32.9 Å². The molecule has 0 heterocycles. The van der Waals surface area contributed by atoms with Crippen LogP contribution in [0, 0.1) is 5.92 Å². The number of likely N-dealkylation sites (N-methyl/N-ethyl adjacent to an activating group) is 1. The molecule has 0 atom stereocenters. The maximum absolute atomic E-state index is 11.7. The SMILES string of the molecule is CC(C)SCC(=O)N(C)CCOCC(=O)C(C)C. The Morgan fingerprint density at radius 1 is 1.22 bits per heavy atom. The molecule has 5 heteroatoms.